The first-order valence-electron chi connectivity index (χ1n) is 10.3. The van der Waals surface area contributed by atoms with Crippen molar-refractivity contribution in [2.75, 3.05) is 10.0 Å². The number of carbonyl (C=O) groups is 2. The number of benzene rings is 3. The van der Waals surface area contributed by atoms with E-state index in [2.05, 4.69) is 15.4 Å². The summed E-state index contributed by atoms with van der Waals surface area (Å²) in [6, 6.07) is 18.8. The molecule has 1 atom stereocenters. The first-order chi connectivity index (χ1) is 15.7. The second kappa shape index (κ2) is 10.5. The van der Waals surface area contributed by atoms with Crippen LogP contribution in [0.15, 0.2) is 77.7 Å². The summed E-state index contributed by atoms with van der Waals surface area (Å²) in [5, 5.41) is 5.64. The molecule has 0 fully saturated rings. The SMILES string of the molecule is CC[C@@H](C)NC(=O)c1ccccc1NC(=O)c1ccc(NS(=O)(=O)c2ccccc2)cc1Cl. The first-order valence-corrected chi connectivity index (χ1v) is 12.2. The molecule has 9 heteroatoms. The predicted molar refractivity (Wildman–Crippen MR) is 130 cm³/mol. The fourth-order valence-electron chi connectivity index (χ4n) is 2.96. The van der Waals surface area contributed by atoms with Gasteiger partial charge < -0.3 is 10.6 Å². The van der Waals surface area contributed by atoms with Crippen molar-refractivity contribution < 1.29 is 18.0 Å². The number of carbonyl (C=O) groups excluding carboxylic acids is 2. The Hall–Kier alpha value is -3.36. The van der Waals surface area contributed by atoms with Gasteiger partial charge in [0.1, 0.15) is 0 Å². The zero-order valence-electron chi connectivity index (χ0n) is 18.1. The lowest BCUT2D eigenvalue weighted by molar-refractivity contribution is 0.0940. The molecule has 0 radical (unpaired) electrons. The van der Waals surface area contributed by atoms with E-state index in [1.807, 2.05) is 13.8 Å². The standard InChI is InChI=1S/C24H24ClN3O4S/c1-3-16(2)26-24(30)20-11-7-8-12-22(20)27-23(29)19-14-13-17(15-21(19)25)28-33(31,32)18-9-5-4-6-10-18/h4-16,28H,3H2,1-2H3,(H,26,30)(H,27,29)/t16-/m1/s1. The van der Waals surface area contributed by atoms with E-state index in [0.29, 0.717) is 11.3 Å². The topological polar surface area (TPSA) is 104 Å². The van der Waals surface area contributed by atoms with E-state index in [1.165, 1.54) is 30.3 Å². The molecule has 0 unspecified atom stereocenters. The number of sulfonamides is 1. The van der Waals surface area contributed by atoms with Gasteiger partial charge in [0.15, 0.2) is 0 Å². The van der Waals surface area contributed by atoms with Crippen molar-refractivity contribution in [1.82, 2.24) is 5.32 Å². The Bertz CT molecular complexity index is 1260. The number of rotatable bonds is 8. The van der Waals surface area contributed by atoms with Crippen LogP contribution in [0.2, 0.25) is 5.02 Å². The average Bonchev–Trinajstić information content (AvgIpc) is 2.79. The molecular formula is C24H24ClN3O4S. The average molecular weight is 486 g/mol. The lowest BCUT2D eigenvalue weighted by Gasteiger charge is -2.15. The maximum atomic E-state index is 12.8. The van der Waals surface area contributed by atoms with Crippen LogP contribution in [0.4, 0.5) is 11.4 Å². The summed E-state index contributed by atoms with van der Waals surface area (Å²) < 4.78 is 27.4. The molecule has 0 aliphatic carbocycles. The summed E-state index contributed by atoms with van der Waals surface area (Å²) in [6.07, 6.45) is 0.774. The van der Waals surface area contributed by atoms with E-state index in [-0.39, 0.29) is 33.1 Å². The van der Waals surface area contributed by atoms with Crippen LogP contribution in [0.3, 0.4) is 0 Å². The number of hydrogen-bond acceptors (Lipinski definition) is 4. The smallest absolute Gasteiger partial charge is 0.261 e. The summed E-state index contributed by atoms with van der Waals surface area (Å²) in [5.74, 6) is -0.821. The highest BCUT2D eigenvalue weighted by atomic mass is 35.5. The highest BCUT2D eigenvalue weighted by molar-refractivity contribution is 7.92. The third kappa shape index (κ3) is 6.12. The molecule has 0 aliphatic rings. The largest absolute Gasteiger partial charge is 0.350 e. The second-order valence-corrected chi connectivity index (χ2v) is 9.49. The van der Waals surface area contributed by atoms with Crippen molar-refractivity contribution in [2.24, 2.45) is 0 Å². The van der Waals surface area contributed by atoms with Crippen LogP contribution < -0.4 is 15.4 Å². The number of para-hydroxylation sites is 1. The van der Waals surface area contributed by atoms with Crippen molar-refractivity contribution in [2.45, 2.75) is 31.2 Å². The molecule has 3 aromatic carbocycles. The Balaban J connectivity index is 1.78. The minimum absolute atomic E-state index is 0.0112. The lowest BCUT2D eigenvalue weighted by atomic mass is 10.1. The van der Waals surface area contributed by atoms with E-state index < -0.39 is 15.9 Å². The Morgan fingerprint density at radius 1 is 0.909 bits per heavy atom. The fraction of sp³-hybridized carbons (Fsp3) is 0.167. The van der Waals surface area contributed by atoms with E-state index in [4.69, 9.17) is 11.6 Å². The highest BCUT2D eigenvalue weighted by Crippen LogP contribution is 2.25. The zero-order chi connectivity index (χ0) is 24.0. The van der Waals surface area contributed by atoms with Crippen LogP contribution in [0.25, 0.3) is 0 Å². The van der Waals surface area contributed by atoms with Gasteiger partial charge in [-0.1, -0.05) is 48.9 Å². The van der Waals surface area contributed by atoms with Gasteiger partial charge in [0.2, 0.25) is 0 Å². The maximum absolute atomic E-state index is 12.8. The summed E-state index contributed by atoms with van der Waals surface area (Å²) in [6.45, 7) is 3.86. The van der Waals surface area contributed by atoms with Gasteiger partial charge in [0.25, 0.3) is 21.8 Å². The number of anilines is 2. The number of nitrogens with one attached hydrogen (secondary N) is 3. The van der Waals surface area contributed by atoms with Crippen LogP contribution >= 0.6 is 11.6 Å². The molecule has 0 aliphatic heterocycles. The molecular weight excluding hydrogens is 462 g/mol. The zero-order valence-corrected chi connectivity index (χ0v) is 19.7. The van der Waals surface area contributed by atoms with E-state index in [0.717, 1.165) is 6.42 Å². The summed E-state index contributed by atoms with van der Waals surface area (Å²) in [5.41, 5.74) is 1.02. The Kier molecular flexibility index (Phi) is 7.73. The van der Waals surface area contributed by atoms with Gasteiger partial charge in [-0.25, -0.2) is 8.42 Å². The van der Waals surface area contributed by atoms with Crippen LogP contribution in [0.1, 0.15) is 41.0 Å². The van der Waals surface area contributed by atoms with Crippen LogP contribution in [0, 0.1) is 0 Å². The normalized spacial score (nSPS) is 12.0. The molecule has 0 aromatic heterocycles. The molecule has 0 spiro atoms. The third-order valence-corrected chi connectivity index (χ3v) is 6.64. The van der Waals surface area contributed by atoms with Crippen molar-refractivity contribution in [3.63, 3.8) is 0 Å². The molecule has 33 heavy (non-hydrogen) atoms. The third-order valence-electron chi connectivity index (χ3n) is 4.93. The number of halogens is 1. The van der Waals surface area contributed by atoms with Gasteiger partial charge in [-0.05, 0) is 55.8 Å². The minimum Gasteiger partial charge on any atom is -0.350 e. The molecule has 0 bridgehead atoms. The Morgan fingerprint density at radius 3 is 2.24 bits per heavy atom. The van der Waals surface area contributed by atoms with E-state index in [1.54, 1.807) is 42.5 Å². The van der Waals surface area contributed by atoms with Crippen LogP contribution in [-0.4, -0.2) is 26.3 Å². The molecule has 0 saturated heterocycles. The monoisotopic (exact) mass is 485 g/mol. The fourth-order valence-corrected chi connectivity index (χ4v) is 4.30. The Morgan fingerprint density at radius 2 is 1.58 bits per heavy atom. The molecule has 3 aromatic rings. The lowest BCUT2D eigenvalue weighted by Crippen LogP contribution is -2.32. The molecule has 3 N–H and O–H groups in total. The van der Waals surface area contributed by atoms with Gasteiger partial charge in [-0.3, -0.25) is 14.3 Å². The highest BCUT2D eigenvalue weighted by Gasteiger charge is 2.18. The van der Waals surface area contributed by atoms with Crippen molar-refractivity contribution in [1.29, 1.82) is 0 Å². The summed E-state index contributed by atoms with van der Waals surface area (Å²) in [4.78, 5) is 25.5. The van der Waals surface area contributed by atoms with Crippen molar-refractivity contribution in [3.05, 3.63) is 88.9 Å². The van der Waals surface area contributed by atoms with Crippen molar-refractivity contribution in [3.8, 4) is 0 Å². The molecule has 7 nitrogen and oxygen atoms in total. The van der Waals surface area contributed by atoms with E-state index >= 15 is 0 Å². The van der Waals surface area contributed by atoms with Crippen LogP contribution in [0.5, 0.6) is 0 Å². The quantitative estimate of drug-likeness (QED) is 0.421. The van der Waals surface area contributed by atoms with E-state index in [9.17, 15) is 18.0 Å². The van der Waals surface area contributed by atoms with Crippen LogP contribution in [-0.2, 0) is 10.0 Å². The predicted octanol–water partition coefficient (Wildman–Crippen LogP) is 4.92. The molecule has 172 valence electrons. The van der Waals surface area contributed by atoms with Gasteiger partial charge in [0.05, 0.1) is 32.4 Å². The number of amides is 2. The minimum atomic E-state index is -3.79. The molecule has 3 rings (SSSR count). The Labute approximate surface area is 198 Å². The van der Waals surface area contributed by atoms with Gasteiger partial charge >= 0.3 is 0 Å². The summed E-state index contributed by atoms with van der Waals surface area (Å²) >= 11 is 6.28. The maximum Gasteiger partial charge on any atom is 0.261 e. The first kappa shape index (κ1) is 24.3. The van der Waals surface area contributed by atoms with Gasteiger partial charge in [-0.2, -0.15) is 0 Å². The molecule has 2 amide bonds. The second-order valence-electron chi connectivity index (χ2n) is 7.40. The van der Waals surface area contributed by atoms with Gasteiger partial charge in [0, 0.05) is 6.04 Å². The van der Waals surface area contributed by atoms with Gasteiger partial charge in [-0.15, -0.1) is 0 Å². The summed E-state index contributed by atoms with van der Waals surface area (Å²) in [7, 11) is -3.79. The number of hydrogen-bond donors (Lipinski definition) is 3. The molecule has 0 saturated carbocycles. The molecule has 0 heterocycles. The van der Waals surface area contributed by atoms with Crippen molar-refractivity contribution >= 4 is 44.8 Å².